The Bertz CT molecular complexity index is 808. The molecule has 1 nitrogen and oxygen atoms in total. The quantitative estimate of drug-likeness (QED) is 0.612. The van der Waals surface area contributed by atoms with E-state index in [1.807, 2.05) is 0 Å². The molecule has 0 spiro atoms. The van der Waals surface area contributed by atoms with Gasteiger partial charge in [-0.15, -0.1) is 0 Å². The molecule has 0 atom stereocenters. The molecule has 3 aromatic rings. The van der Waals surface area contributed by atoms with Crippen molar-refractivity contribution in [3.8, 4) is 22.4 Å². The number of pyridine rings is 1. The number of benzene rings is 2. The van der Waals surface area contributed by atoms with Crippen LogP contribution in [0, 0.1) is 0 Å². The first-order valence-corrected chi connectivity index (χ1v) is 11.3. The molecule has 0 saturated carbocycles. The molecule has 1 saturated heterocycles. The molecular formula is C21H21NSi. The van der Waals surface area contributed by atoms with Gasteiger partial charge in [0.05, 0.1) is 13.8 Å². The zero-order chi connectivity index (χ0) is 15.7. The highest BCUT2D eigenvalue weighted by molar-refractivity contribution is 6.93. The second-order valence-electron chi connectivity index (χ2n) is 6.76. The lowest BCUT2D eigenvalue weighted by Crippen LogP contribution is -2.51. The Labute approximate surface area is 139 Å². The summed E-state index contributed by atoms with van der Waals surface area (Å²) >= 11 is 0. The molecule has 2 heterocycles. The topological polar surface area (TPSA) is 12.9 Å². The number of nitrogens with zero attached hydrogens (tertiary/aromatic N) is 1. The lowest BCUT2D eigenvalue weighted by molar-refractivity contribution is 0.917. The van der Waals surface area contributed by atoms with Crippen LogP contribution in [0.1, 0.15) is 6.42 Å². The smallest absolute Gasteiger partial charge is 0.0846 e. The lowest BCUT2D eigenvalue weighted by atomic mass is 10.1. The summed E-state index contributed by atoms with van der Waals surface area (Å²) in [5, 5.41) is 1.59. The summed E-state index contributed by atoms with van der Waals surface area (Å²) in [6.45, 7) is 2.53. The summed E-state index contributed by atoms with van der Waals surface area (Å²) in [7, 11) is -1.30. The van der Waals surface area contributed by atoms with Crippen LogP contribution in [0.2, 0.25) is 18.6 Å². The Morgan fingerprint density at radius 3 is 2.00 bits per heavy atom. The van der Waals surface area contributed by atoms with Gasteiger partial charge in [-0.05, 0) is 22.4 Å². The molecule has 0 bridgehead atoms. The first-order chi connectivity index (χ1) is 11.3. The van der Waals surface area contributed by atoms with Gasteiger partial charge in [0, 0.05) is 11.8 Å². The molecule has 1 aliphatic heterocycles. The highest BCUT2D eigenvalue weighted by Gasteiger charge is 2.38. The number of aromatic nitrogens is 1. The standard InChI is InChI=1S/C21H21NSi/c1-23(13-8-14-23)21-15-20(18-11-6-3-7-12-18)22-16-19(21)17-9-4-2-5-10-17/h2-7,9-12,15-16H,8,13-14H2,1H3. The molecule has 1 aromatic heterocycles. The van der Waals surface area contributed by atoms with Crippen LogP contribution in [0.3, 0.4) is 0 Å². The molecule has 0 radical (unpaired) electrons. The van der Waals surface area contributed by atoms with Crippen LogP contribution in [0.5, 0.6) is 0 Å². The van der Waals surface area contributed by atoms with Crippen molar-refractivity contribution in [2.24, 2.45) is 0 Å². The molecular weight excluding hydrogens is 294 g/mol. The van der Waals surface area contributed by atoms with Gasteiger partial charge < -0.3 is 0 Å². The van der Waals surface area contributed by atoms with E-state index >= 15 is 0 Å². The minimum Gasteiger partial charge on any atom is -0.256 e. The van der Waals surface area contributed by atoms with Crippen molar-refractivity contribution in [1.29, 1.82) is 0 Å². The second kappa shape index (κ2) is 5.78. The van der Waals surface area contributed by atoms with E-state index in [0.717, 1.165) is 5.69 Å². The maximum absolute atomic E-state index is 4.78. The van der Waals surface area contributed by atoms with E-state index < -0.39 is 8.07 Å². The van der Waals surface area contributed by atoms with Crippen molar-refractivity contribution in [2.45, 2.75) is 25.1 Å². The average molecular weight is 315 g/mol. The van der Waals surface area contributed by atoms with Crippen LogP contribution in [0.25, 0.3) is 22.4 Å². The predicted molar refractivity (Wildman–Crippen MR) is 101 cm³/mol. The summed E-state index contributed by atoms with van der Waals surface area (Å²) in [6, 6.07) is 26.5. The summed E-state index contributed by atoms with van der Waals surface area (Å²) in [5.41, 5.74) is 4.97. The monoisotopic (exact) mass is 315 g/mol. The van der Waals surface area contributed by atoms with Gasteiger partial charge in [-0.25, -0.2) is 0 Å². The van der Waals surface area contributed by atoms with Crippen LogP contribution in [0.15, 0.2) is 72.9 Å². The van der Waals surface area contributed by atoms with E-state index in [9.17, 15) is 0 Å². The molecule has 0 aliphatic carbocycles. The third-order valence-electron chi connectivity index (χ3n) is 5.17. The molecule has 1 fully saturated rings. The molecule has 2 heteroatoms. The lowest BCUT2D eigenvalue weighted by Gasteiger charge is -2.38. The van der Waals surface area contributed by atoms with Crippen molar-refractivity contribution < 1.29 is 0 Å². The van der Waals surface area contributed by atoms with Crippen LogP contribution in [-0.2, 0) is 0 Å². The SMILES string of the molecule is C[Si]1(c2cc(-c3ccccc3)ncc2-c2ccccc2)CCC1. The van der Waals surface area contributed by atoms with Gasteiger partial charge in [-0.1, -0.05) is 85.7 Å². The Morgan fingerprint density at radius 2 is 1.43 bits per heavy atom. The van der Waals surface area contributed by atoms with Crippen molar-refractivity contribution in [3.05, 3.63) is 72.9 Å². The first-order valence-electron chi connectivity index (χ1n) is 8.38. The Balaban J connectivity index is 1.87. The van der Waals surface area contributed by atoms with E-state index in [-0.39, 0.29) is 0 Å². The molecule has 0 amide bonds. The van der Waals surface area contributed by atoms with Crippen LogP contribution >= 0.6 is 0 Å². The van der Waals surface area contributed by atoms with Crippen LogP contribution in [-0.4, -0.2) is 13.1 Å². The fourth-order valence-electron chi connectivity index (χ4n) is 3.55. The summed E-state index contributed by atoms with van der Waals surface area (Å²) < 4.78 is 0. The maximum atomic E-state index is 4.78. The van der Waals surface area contributed by atoms with Crippen LogP contribution in [0.4, 0.5) is 0 Å². The fourth-order valence-corrected chi connectivity index (χ4v) is 6.84. The molecule has 0 N–H and O–H groups in total. The number of hydrogen-bond acceptors (Lipinski definition) is 1. The van der Waals surface area contributed by atoms with E-state index in [1.54, 1.807) is 5.19 Å². The van der Waals surface area contributed by atoms with Crippen molar-refractivity contribution in [2.75, 3.05) is 0 Å². The zero-order valence-electron chi connectivity index (χ0n) is 13.5. The van der Waals surface area contributed by atoms with Gasteiger partial charge in [0.1, 0.15) is 0 Å². The number of hydrogen-bond donors (Lipinski definition) is 0. The van der Waals surface area contributed by atoms with E-state index in [1.165, 1.54) is 35.2 Å². The number of rotatable bonds is 3. The van der Waals surface area contributed by atoms with Crippen molar-refractivity contribution in [1.82, 2.24) is 4.98 Å². The van der Waals surface area contributed by atoms with Gasteiger partial charge in [0.25, 0.3) is 0 Å². The Hall–Kier alpha value is -2.19. The first kappa shape index (κ1) is 14.4. The third kappa shape index (κ3) is 2.64. The molecule has 114 valence electrons. The zero-order valence-corrected chi connectivity index (χ0v) is 14.5. The van der Waals surface area contributed by atoms with Gasteiger partial charge in [-0.2, -0.15) is 0 Å². The van der Waals surface area contributed by atoms with E-state index in [2.05, 4.69) is 79.5 Å². The molecule has 4 rings (SSSR count). The summed E-state index contributed by atoms with van der Waals surface area (Å²) in [4.78, 5) is 4.78. The molecule has 1 aliphatic rings. The normalized spacial score (nSPS) is 15.9. The Kier molecular flexibility index (Phi) is 3.62. The second-order valence-corrected chi connectivity index (χ2v) is 11.4. The maximum Gasteiger partial charge on any atom is 0.0846 e. The van der Waals surface area contributed by atoms with Crippen molar-refractivity contribution >= 4 is 13.3 Å². The summed E-state index contributed by atoms with van der Waals surface area (Å²) in [5.74, 6) is 0. The van der Waals surface area contributed by atoms with Gasteiger partial charge in [-0.3, -0.25) is 4.98 Å². The van der Waals surface area contributed by atoms with Crippen LogP contribution < -0.4 is 5.19 Å². The van der Waals surface area contributed by atoms with E-state index in [4.69, 9.17) is 4.98 Å². The largest absolute Gasteiger partial charge is 0.256 e. The highest BCUT2D eigenvalue weighted by Crippen LogP contribution is 2.35. The summed E-state index contributed by atoms with van der Waals surface area (Å²) in [6.07, 6.45) is 3.49. The third-order valence-corrected chi connectivity index (χ3v) is 9.79. The van der Waals surface area contributed by atoms with Gasteiger partial charge in [0.2, 0.25) is 0 Å². The average Bonchev–Trinajstić information content (AvgIpc) is 2.61. The predicted octanol–water partition coefficient (Wildman–Crippen LogP) is 5.10. The molecule has 23 heavy (non-hydrogen) atoms. The molecule has 0 unspecified atom stereocenters. The highest BCUT2D eigenvalue weighted by atomic mass is 28.3. The molecule has 2 aromatic carbocycles. The van der Waals surface area contributed by atoms with Gasteiger partial charge >= 0.3 is 0 Å². The Morgan fingerprint density at radius 1 is 0.826 bits per heavy atom. The minimum absolute atomic E-state index is 1.11. The minimum atomic E-state index is -1.30. The van der Waals surface area contributed by atoms with Crippen molar-refractivity contribution in [3.63, 3.8) is 0 Å². The fraction of sp³-hybridized carbons (Fsp3) is 0.190. The van der Waals surface area contributed by atoms with Gasteiger partial charge in [0.15, 0.2) is 0 Å². The van der Waals surface area contributed by atoms with E-state index in [0.29, 0.717) is 0 Å².